The van der Waals surface area contributed by atoms with Gasteiger partial charge in [0.05, 0.1) is 0 Å². The van der Waals surface area contributed by atoms with Crippen LogP contribution in [-0.4, -0.2) is 29.3 Å². The van der Waals surface area contributed by atoms with Gasteiger partial charge in [-0.3, -0.25) is 4.79 Å². The molecule has 0 aliphatic rings. The van der Waals surface area contributed by atoms with Crippen molar-refractivity contribution < 1.29 is 13.7 Å². The maximum Gasteiger partial charge on any atom is 0.292 e. The number of alkyl halides is 1. The topological polar surface area (TPSA) is 68.0 Å². The lowest BCUT2D eigenvalue weighted by atomic mass is 10.5. The summed E-state index contributed by atoms with van der Waals surface area (Å²) in [5.74, 6) is -0.286. The number of aromatic nitrogens is 2. The largest absolute Gasteiger partial charge is 0.347 e. The lowest BCUT2D eigenvalue weighted by Crippen LogP contribution is -2.26. The second-order valence-electron chi connectivity index (χ2n) is 2.08. The fourth-order valence-electron chi connectivity index (χ4n) is 0.631. The van der Waals surface area contributed by atoms with Crippen LogP contribution in [0.1, 0.15) is 16.5 Å². The molecule has 0 atom stereocenters. The first-order valence-corrected chi connectivity index (χ1v) is 3.38. The van der Waals surface area contributed by atoms with Gasteiger partial charge >= 0.3 is 0 Å². The Morgan fingerprint density at radius 2 is 2.50 bits per heavy atom. The number of amides is 1. The summed E-state index contributed by atoms with van der Waals surface area (Å²) < 4.78 is 16.1. The summed E-state index contributed by atoms with van der Waals surface area (Å²) in [5.41, 5.74) is 0. The van der Waals surface area contributed by atoms with Gasteiger partial charge in [-0.25, -0.2) is 4.39 Å². The minimum absolute atomic E-state index is 0.0353. The van der Waals surface area contributed by atoms with Gasteiger partial charge in [-0.15, -0.1) is 0 Å². The molecule has 0 fully saturated rings. The molecule has 0 radical (unpaired) electrons. The summed E-state index contributed by atoms with van der Waals surface area (Å²) in [6, 6.07) is 0. The smallest absolute Gasteiger partial charge is 0.292 e. The number of carbonyl (C=O) groups excluding carboxylic acids is 1. The number of aryl methyl sites for hydroxylation is 1. The Morgan fingerprint density at radius 3 is 3.00 bits per heavy atom. The second kappa shape index (κ2) is 3.80. The van der Waals surface area contributed by atoms with Gasteiger partial charge in [-0.2, -0.15) is 4.98 Å². The molecule has 0 saturated heterocycles. The zero-order chi connectivity index (χ0) is 8.97. The normalized spacial score (nSPS) is 9.83. The molecule has 1 amide bonds. The van der Waals surface area contributed by atoms with Crippen molar-refractivity contribution in [2.75, 3.05) is 13.2 Å². The molecule has 1 aromatic rings. The summed E-state index contributed by atoms with van der Waals surface area (Å²) in [6.45, 7) is 0.925. The van der Waals surface area contributed by atoms with Crippen LogP contribution in [0.2, 0.25) is 0 Å². The fourth-order valence-corrected chi connectivity index (χ4v) is 0.631. The van der Waals surface area contributed by atoms with E-state index in [-0.39, 0.29) is 12.4 Å². The van der Waals surface area contributed by atoms with E-state index >= 15 is 0 Å². The zero-order valence-corrected chi connectivity index (χ0v) is 6.50. The van der Waals surface area contributed by atoms with Crippen LogP contribution in [0.5, 0.6) is 0 Å². The van der Waals surface area contributed by atoms with Gasteiger partial charge < -0.3 is 9.84 Å². The molecule has 5 nitrogen and oxygen atoms in total. The molecular weight excluding hydrogens is 165 g/mol. The van der Waals surface area contributed by atoms with E-state index in [1.165, 1.54) is 0 Å². The van der Waals surface area contributed by atoms with Gasteiger partial charge in [0, 0.05) is 13.5 Å². The molecule has 1 aromatic heterocycles. The molecule has 1 heterocycles. The van der Waals surface area contributed by atoms with E-state index in [0.29, 0.717) is 5.89 Å². The van der Waals surface area contributed by atoms with Crippen molar-refractivity contribution in [2.24, 2.45) is 0 Å². The number of halogens is 1. The van der Waals surface area contributed by atoms with Crippen LogP contribution >= 0.6 is 0 Å². The Morgan fingerprint density at radius 1 is 1.75 bits per heavy atom. The molecule has 6 heteroatoms. The molecule has 66 valence electrons. The molecule has 0 spiro atoms. The van der Waals surface area contributed by atoms with Crippen molar-refractivity contribution >= 4 is 5.91 Å². The van der Waals surface area contributed by atoms with E-state index in [2.05, 4.69) is 20.0 Å². The minimum atomic E-state index is -0.609. The van der Waals surface area contributed by atoms with E-state index < -0.39 is 12.6 Å². The monoisotopic (exact) mass is 173 g/mol. The quantitative estimate of drug-likeness (QED) is 0.702. The third kappa shape index (κ3) is 2.01. The minimum Gasteiger partial charge on any atom is -0.347 e. The molecule has 0 aliphatic heterocycles. The average molecular weight is 173 g/mol. The van der Waals surface area contributed by atoms with E-state index in [4.69, 9.17) is 0 Å². The van der Waals surface area contributed by atoms with Crippen LogP contribution in [-0.2, 0) is 0 Å². The van der Waals surface area contributed by atoms with Crippen LogP contribution in [0.3, 0.4) is 0 Å². The summed E-state index contributed by atoms with van der Waals surface area (Å²) in [4.78, 5) is 14.6. The molecule has 1 N–H and O–H groups in total. The summed E-state index contributed by atoms with van der Waals surface area (Å²) in [7, 11) is 0. The Kier molecular flexibility index (Phi) is 2.73. The second-order valence-corrected chi connectivity index (χ2v) is 2.08. The van der Waals surface area contributed by atoms with Gasteiger partial charge in [0.1, 0.15) is 6.67 Å². The summed E-state index contributed by atoms with van der Waals surface area (Å²) >= 11 is 0. The number of hydrogen-bond acceptors (Lipinski definition) is 4. The highest BCUT2D eigenvalue weighted by Crippen LogP contribution is 1.93. The highest BCUT2D eigenvalue weighted by molar-refractivity contribution is 5.90. The SMILES string of the molecule is Cc1nc(C(=O)NCCF)no1. The molecule has 0 unspecified atom stereocenters. The van der Waals surface area contributed by atoms with Gasteiger partial charge in [0.15, 0.2) is 0 Å². The summed E-state index contributed by atoms with van der Waals surface area (Å²) in [6.07, 6.45) is 0. The first kappa shape index (κ1) is 8.63. The Hall–Kier alpha value is -1.46. The van der Waals surface area contributed by atoms with Crippen molar-refractivity contribution in [3.05, 3.63) is 11.7 Å². The highest BCUT2D eigenvalue weighted by Gasteiger charge is 2.11. The summed E-state index contributed by atoms with van der Waals surface area (Å²) in [5, 5.41) is 5.61. The number of nitrogens with one attached hydrogen (secondary N) is 1. The van der Waals surface area contributed by atoms with Crippen molar-refractivity contribution in [1.29, 1.82) is 0 Å². The molecule has 0 saturated carbocycles. The van der Waals surface area contributed by atoms with Crippen molar-refractivity contribution in [1.82, 2.24) is 15.5 Å². The predicted molar refractivity (Wildman–Crippen MR) is 37.3 cm³/mol. The molecule has 1 rings (SSSR count). The van der Waals surface area contributed by atoms with Gasteiger partial charge in [0.25, 0.3) is 11.7 Å². The zero-order valence-electron chi connectivity index (χ0n) is 6.50. The van der Waals surface area contributed by atoms with Gasteiger partial charge in [-0.1, -0.05) is 5.16 Å². The van der Waals surface area contributed by atoms with Crippen molar-refractivity contribution in [3.63, 3.8) is 0 Å². The van der Waals surface area contributed by atoms with Crippen molar-refractivity contribution in [2.45, 2.75) is 6.92 Å². The van der Waals surface area contributed by atoms with Crippen LogP contribution in [0, 0.1) is 6.92 Å². The van der Waals surface area contributed by atoms with E-state index in [1.54, 1.807) is 6.92 Å². The van der Waals surface area contributed by atoms with E-state index in [0.717, 1.165) is 0 Å². The first-order chi connectivity index (χ1) is 5.74. The van der Waals surface area contributed by atoms with Crippen LogP contribution in [0.4, 0.5) is 4.39 Å². The predicted octanol–water partition coefficient (Wildman–Crippen LogP) is 0.0773. The maximum atomic E-state index is 11.6. The Bertz CT molecular complexity index is 274. The van der Waals surface area contributed by atoms with Gasteiger partial charge in [0.2, 0.25) is 5.89 Å². The Labute approximate surface area is 68.0 Å². The van der Waals surface area contributed by atoms with E-state index in [1.807, 2.05) is 0 Å². The Balaban J connectivity index is 2.53. The fraction of sp³-hybridized carbons (Fsp3) is 0.500. The van der Waals surface area contributed by atoms with Crippen molar-refractivity contribution in [3.8, 4) is 0 Å². The number of nitrogens with zero attached hydrogens (tertiary/aromatic N) is 2. The number of carbonyl (C=O) groups is 1. The molecule has 0 aromatic carbocycles. The third-order valence-corrected chi connectivity index (χ3v) is 1.11. The number of hydrogen-bond donors (Lipinski definition) is 1. The molecule has 12 heavy (non-hydrogen) atoms. The van der Waals surface area contributed by atoms with Crippen LogP contribution in [0.15, 0.2) is 4.52 Å². The maximum absolute atomic E-state index is 11.6. The third-order valence-electron chi connectivity index (χ3n) is 1.11. The number of rotatable bonds is 3. The first-order valence-electron chi connectivity index (χ1n) is 3.38. The van der Waals surface area contributed by atoms with Crippen LogP contribution < -0.4 is 5.32 Å². The highest BCUT2D eigenvalue weighted by atomic mass is 19.1. The lowest BCUT2D eigenvalue weighted by Gasteiger charge is -1.94. The standard InChI is InChI=1S/C6H8FN3O2/c1-4-9-5(10-12-4)6(11)8-3-2-7/h2-3H2,1H3,(H,8,11). The molecule has 0 aliphatic carbocycles. The average Bonchev–Trinajstić information content (AvgIpc) is 2.47. The molecular formula is C6H8FN3O2. The molecule has 0 bridgehead atoms. The van der Waals surface area contributed by atoms with Crippen LogP contribution in [0.25, 0.3) is 0 Å². The van der Waals surface area contributed by atoms with E-state index in [9.17, 15) is 9.18 Å². The lowest BCUT2D eigenvalue weighted by molar-refractivity contribution is 0.0937. The van der Waals surface area contributed by atoms with Gasteiger partial charge in [-0.05, 0) is 0 Å².